The summed E-state index contributed by atoms with van der Waals surface area (Å²) in [6, 6.07) is 19.0. The van der Waals surface area contributed by atoms with Crippen molar-refractivity contribution in [2.45, 2.75) is 121 Å². The first kappa shape index (κ1) is 79.3. The largest absolute Gasteiger partial charge is 0.480 e. The number of amides is 5. The van der Waals surface area contributed by atoms with Crippen LogP contribution in [-0.4, -0.2) is 265 Å². The summed E-state index contributed by atoms with van der Waals surface area (Å²) in [5, 5.41) is 72.0. The van der Waals surface area contributed by atoms with Gasteiger partial charge in [0.2, 0.25) is 29.5 Å². The Morgan fingerprint density at radius 1 is 0.784 bits per heavy atom. The third kappa shape index (κ3) is 25.8. The van der Waals surface area contributed by atoms with Crippen LogP contribution in [0.5, 0.6) is 0 Å². The predicted octanol–water partition coefficient (Wildman–Crippen LogP) is 2.21. The number of rotatable bonds is 35. The summed E-state index contributed by atoms with van der Waals surface area (Å²) in [6.45, 7) is 0.767. The van der Waals surface area contributed by atoms with Crippen LogP contribution in [0.4, 0.5) is 14.5 Å². The number of aliphatic carboxylic acids is 4. The highest BCUT2D eigenvalue weighted by atomic mass is 127. The normalized spacial score (nSPS) is 19.3. The van der Waals surface area contributed by atoms with Crippen molar-refractivity contribution in [1.82, 2.24) is 65.7 Å². The average molecular weight is 1550 g/mol. The van der Waals surface area contributed by atoms with E-state index in [1.54, 1.807) is 65.7 Å². The second-order valence-electron chi connectivity index (χ2n) is 25.9. The minimum absolute atomic E-state index is 0.0515. The molecule has 5 heterocycles. The first-order valence-corrected chi connectivity index (χ1v) is 35.4. The number of thiocarbonyl (C=S) groups is 1. The minimum Gasteiger partial charge on any atom is -0.480 e. The molecule has 552 valence electrons. The minimum atomic E-state index is -3.21. The summed E-state index contributed by atoms with van der Waals surface area (Å²) >= 11 is 8.00. The lowest BCUT2D eigenvalue weighted by Gasteiger charge is -2.37. The number of likely N-dealkylation sites (tertiary alicyclic amines) is 1. The zero-order valence-corrected chi connectivity index (χ0v) is 59.5. The number of nitriles is 1. The number of fused-ring (bicyclic) bond motifs is 1. The van der Waals surface area contributed by atoms with Gasteiger partial charge in [-0.25, -0.2) is 13.5 Å². The van der Waals surface area contributed by atoms with Crippen molar-refractivity contribution in [3.63, 3.8) is 0 Å². The number of benzene rings is 3. The molecule has 3 saturated heterocycles. The number of hydrogen-bond acceptors (Lipinski definition) is 19. The highest BCUT2D eigenvalue weighted by Crippen LogP contribution is 2.34. The van der Waals surface area contributed by atoms with Gasteiger partial charge in [-0.3, -0.25) is 62.8 Å². The Morgan fingerprint density at radius 2 is 1.45 bits per heavy atom. The van der Waals surface area contributed by atoms with Crippen LogP contribution in [0.25, 0.3) is 0 Å². The number of nitrogens with zero attached hydrogens (tertiary/aromatic N) is 10. The lowest BCUT2D eigenvalue weighted by Crippen LogP contribution is -2.53. The molecule has 5 amide bonds. The second kappa shape index (κ2) is 39.3. The highest BCUT2D eigenvalue weighted by Gasteiger charge is 2.50. The number of aryl methyl sites for hydroxylation is 1. The molecule has 30 nitrogen and oxygen atoms in total. The first-order chi connectivity index (χ1) is 48.8. The Hall–Kier alpha value is -8.44. The van der Waals surface area contributed by atoms with Gasteiger partial charge in [0.1, 0.15) is 23.8 Å². The number of carboxylic acids is 4. The topological polar surface area (TPSA) is 387 Å². The Kier molecular flexibility index (Phi) is 30.5. The van der Waals surface area contributed by atoms with Gasteiger partial charge in [0, 0.05) is 112 Å². The Labute approximate surface area is 607 Å². The van der Waals surface area contributed by atoms with Crippen molar-refractivity contribution in [1.29, 1.82) is 5.26 Å². The van der Waals surface area contributed by atoms with Crippen LogP contribution in [0.1, 0.15) is 84.9 Å². The molecule has 3 fully saturated rings. The predicted molar refractivity (Wildman–Crippen MR) is 376 cm³/mol. The van der Waals surface area contributed by atoms with Gasteiger partial charge in [-0.05, 0) is 132 Å². The molecule has 0 spiro atoms. The summed E-state index contributed by atoms with van der Waals surface area (Å²) in [5.41, 5.74) is 5.78. The van der Waals surface area contributed by atoms with E-state index in [2.05, 4.69) is 71.6 Å². The van der Waals surface area contributed by atoms with Crippen molar-refractivity contribution < 1.29 is 81.8 Å². The number of anilines is 1. The van der Waals surface area contributed by atoms with Crippen LogP contribution in [-0.2, 0) is 91.7 Å². The van der Waals surface area contributed by atoms with Crippen LogP contribution in [0.3, 0.4) is 0 Å². The Morgan fingerprint density at radius 3 is 2.15 bits per heavy atom. The van der Waals surface area contributed by atoms with Crippen LogP contribution in [0.2, 0.25) is 0 Å². The number of halogens is 3. The number of alkyl halides is 2. The quantitative estimate of drug-likeness (QED) is 0.0181. The van der Waals surface area contributed by atoms with Crippen molar-refractivity contribution in [2.24, 2.45) is 5.92 Å². The van der Waals surface area contributed by atoms with E-state index in [0.29, 0.717) is 63.1 Å². The molecule has 1 aromatic heterocycles. The molecule has 0 saturated carbocycles. The van der Waals surface area contributed by atoms with Crippen LogP contribution in [0.15, 0.2) is 72.9 Å². The molecule has 5 atom stereocenters. The van der Waals surface area contributed by atoms with Gasteiger partial charge >= 0.3 is 23.9 Å². The highest BCUT2D eigenvalue weighted by molar-refractivity contribution is 14.1. The monoisotopic (exact) mass is 1550 g/mol. The number of nitrogens with one attached hydrogen (secondary N) is 5. The van der Waals surface area contributed by atoms with Gasteiger partial charge in [-0.2, -0.15) is 5.26 Å². The number of ether oxygens (including phenoxy) is 2. The second-order valence-corrected chi connectivity index (χ2v) is 27.6. The van der Waals surface area contributed by atoms with Gasteiger partial charge in [0.25, 0.3) is 5.92 Å². The molecular formula is C68H88F2IN15O15S. The Bertz CT molecular complexity index is 3610. The van der Waals surface area contributed by atoms with Gasteiger partial charge in [-0.1, -0.05) is 47.7 Å². The maximum absolute atomic E-state index is 14.1. The smallest absolute Gasteiger partial charge is 0.317 e. The maximum Gasteiger partial charge on any atom is 0.317 e. The van der Waals surface area contributed by atoms with E-state index in [0.717, 1.165) is 42.7 Å². The molecule has 3 aromatic carbocycles. The fourth-order valence-electron chi connectivity index (χ4n) is 12.9. The summed E-state index contributed by atoms with van der Waals surface area (Å²) in [5.74, 6) is -10.5. The maximum atomic E-state index is 14.1. The lowest BCUT2D eigenvalue weighted by molar-refractivity contribution is -0.142. The molecule has 9 N–H and O–H groups in total. The first-order valence-electron chi connectivity index (χ1n) is 33.9. The third-order valence-corrected chi connectivity index (χ3v) is 19.0. The molecule has 8 rings (SSSR count). The number of carbonyl (C=O) groups excluding carboxylic acids is 5. The SMILES string of the molecule is N#C[C@@H]1CC(F)(F)CN1C(=O)[C@@H]1C[C@@H](CC(=O)N2Cc3cccc(Cn4cc(COCCOCCNC(=O)[C@H](CCCCNC(=O)CCCc5ccc(I)cc5)NC(=S)Nc5ccc(CC6CN(CC(=O)O)CCN(CC(=O)O)CCN(CC(=O)O)CCN6CC(=O)O)cc5)nn4)c3C2)C(=O)N1. The summed E-state index contributed by atoms with van der Waals surface area (Å²) in [6.07, 6.45) is 4.33. The third-order valence-electron chi connectivity index (χ3n) is 18.0. The van der Waals surface area contributed by atoms with Gasteiger partial charge in [-0.15, -0.1) is 5.10 Å². The van der Waals surface area contributed by atoms with E-state index < -0.39 is 97.8 Å². The molecule has 0 aliphatic carbocycles. The number of hydrogen-bond donors (Lipinski definition) is 9. The van der Waals surface area contributed by atoms with Gasteiger partial charge in [0.15, 0.2) is 5.11 Å². The zero-order chi connectivity index (χ0) is 73.3. The molecule has 4 aliphatic rings. The summed E-state index contributed by atoms with van der Waals surface area (Å²) in [7, 11) is 0. The average Bonchev–Trinajstić information content (AvgIpc) is 1.64. The molecular weight excluding hydrogens is 1460 g/mol. The standard InChI is InChI=1S/C68H88F2IN15O15S/c69-68(70)32-54(33-72)86(44-68)66(99)57-30-49(64(97)76-57)31-59(88)84-34-47-6-4-7-48(55(47)38-84)35-85-36-52(78-79-85)43-101-28-27-100-26-19-74-65(98)56(8-1-2-18-73-58(87)9-3-5-45-10-14-50(71)15-11-45)77-67(102)75-51-16-12-46(13-17-51)29-53-37-82(41-62(93)94)23-22-80(39-60(89)90)20-21-81(40-61(91)92)24-25-83(53)42-63(95)96/h4,6-7,10-17,36,49,53-54,56-57H,1-3,5,8-9,18-32,34-35,37-44H2,(H,73,87)(H,74,98)(H,76,97)(H,89,90)(H,91,92)(H,93,94)(H,95,96)(H2,75,77,102)/t49-,53?,54-,56-,57-/m0/s1. The lowest BCUT2D eigenvalue weighted by atomic mass is 9.99. The molecule has 0 radical (unpaired) electrons. The van der Waals surface area contributed by atoms with Crippen molar-refractivity contribution in [3.8, 4) is 6.07 Å². The van der Waals surface area contributed by atoms with E-state index in [9.17, 15) is 77.6 Å². The van der Waals surface area contributed by atoms with E-state index >= 15 is 0 Å². The van der Waals surface area contributed by atoms with Crippen LogP contribution < -0.4 is 26.6 Å². The van der Waals surface area contributed by atoms with E-state index in [4.69, 9.17) is 21.7 Å². The van der Waals surface area contributed by atoms with Crippen LogP contribution >= 0.6 is 34.8 Å². The molecule has 4 aromatic rings. The number of carbonyl (C=O) groups is 9. The van der Waals surface area contributed by atoms with E-state index in [-0.39, 0.29) is 141 Å². The van der Waals surface area contributed by atoms with Crippen molar-refractivity contribution in [2.75, 3.05) is 117 Å². The summed E-state index contributed by atoms with van der Waals surface area (Å²) in [4.78, 5) is 123. The zero-order valence-electron chi connectivity index (χ0n) is 56.5. The molecule has 102 heavy (non-hydrogen) atoms. The van der Waals surface area contributed by atoms with E-state index in [1.165, 1.54) is 0 Å². The van der Waals surface area contributed by atoms with Gasteiger partial charge < -0.3 is 66.3 Å². The number of carboxylic acid groups (broad SMARTS) is 4. The van der Waals surface area contributed by atoms with E-state index in [1.807, 2.05) is 30.3 Å². The molecule has 4 aliphatic heterocycles. The molecule has 1 unspecified atom stereocenters. The van der Waals surface area contributed by atoms with Crippen molar-refractivity contribution in [3.05, 3.63) is 110 Å². The Balaban J connectivity index is 0.794. The molecule has 34 heteroatoms. The van der Waals surface area contributed by atoms with Gasteiger partial charge in [0.05, 0.1) is 78.0 Å². The molecule has 0 bridgehead atoms. The number of aromatic nitrogens is 3. The van der Waals surface area contributed by atoms with Crippen molar-refractivity contribution >= 4 is 99.0 Å². The fraction of sp³-hybridized carbons (Fsp3) is 0.544. The van der Waals surface area contributed by atoms with Crippen LogP contribution in [0, 0.1) is 20.8 Å². The number of unbranched alkanes of at least 4 members (excludes halogenated alkanes) is 1. The summed E-state index contributed by atoms with van der Waals surface area (Å²) < 4.78 is 42.6. The fourth-order valence-corrected chi connectivity index (χ4v) is 13.5.